The zero-order valence-corrected chi connectivity index (χ0v) is 23.3. The van der Waals surface area contributed by atoms with Crippen LogP contribution in [0, 0.1) is 5.92 Å². The average molecular weight is 538 g/mol. The van der Waals surface area contributed by atoms with Crippen LogP contribution in [0.25, 0.3) is 11.1 Å². The Balaban J connectivity index is 1.49. The third-order valence-electron chi connectivity index (χ3n) is 6.78. The Morgan fingerprint density at radius 1 is 0.769 bits per heavy atom. The molecule has 0 radical (unpaired) electrons. The van der Waals surface area contributed by atoms with E-state index in [1.807, 2.05) is 43.3 Å². The first-order valence-electron chi connectivity index (χ1n) is 13.5. The summed E-state index contributed by atoms with van der Waals surface area (Å²) in [4.78, 5) is 50.2. The molecule has 1 aliphatic carbocycles. The van der Waals surface area contributed by atoms with Crippen molar-refractivity contribution in [2.45, 2.75) is 71.5 Å². The van der Waals surface area contributed by atoms with Gasteiger partial charge in [0.25, 0.3) is 0 Å². The zero-order valence-electron chi connectivity index (χ0n) is 23.3. The lowest BCUT2D eigenvalue weighted by Gasteiger charge is -2.24. The number of benzene rings is 2. The van der Waals surface area contributed by atoms with Crippen LogP contribution in [0.5, 0.6) is 0 Å². The SMILES string of the molecule is CCCCOC(=O)[C@@H](NC(=O)[C@H](C)NC(=O)[C@H](C)NC(=O)OCC1c2ccccc2-c2ccccc21)C(C)C. The van der Waals surface area contributed by atoms with Gasteiger partial charge in [-0.05, 0) is 48.4 Å². The molecule has 0 aliphatic heterocycles. The standard InChI is InChI=1S/C30H39N3O6/c1-6-7-16-38-29(36)26(18(2)3)33-28(35)19(4)31-27(34)20(5)32-30(37)39-17-25-23-14-10-8-12-21(23)22-13-9-11-15-24(22)25/h8-15,18-20,25-26H,6-7,16-17H2,1-5H3,(H,31,34)(H,32,37)(H,33,35)/t19-,20-,26-/m0/s1. The van der Waals surface area contributed by atoms with Gasteiger partial charge in [0.1, 0.15) is 24.7 Å². The van der Waals surface area contributed by atoms with Crippen molar-refractivity contribution >= 4 is 23.9 Å². The smallest absolute Gasteiger partial charge is 0.407 e. The first-order chi connectivity index (χ1) is 18.6. The monoisotopic (exact) mass is 537 g/mol. The third kappa shape index (κ3) is 7.59. The van der Waals surface area contributed by atoms with Crippen LogP contribution in [0.3, 0.4) is 0 Å². The van der Waals surface area contributed by atoms with Gasteiger partial charge in [-0.15, -0.1) is 0 Å². The van der Waals surface area contributed by atoms with Crippen LogP contribution in [-0.2, 0) is 23.9 Å². The number of alkyl carbamates (subject to hydrolysis) is 1. The number of hydrogen-bond acceptors (Lipinski definition) is 6. The fourth-order valence-corrected chi connectivity index (χ4v) is 4.47. The number of nitrogens with one attached hydrogen (secondary N) is 3. The number of ether oxygens (including phenoxy) is 2. The normalized spacial score (nSPS) is 14.4. The molecule has 3 N–H and O–H groups in total. The summed E-state index contributed by atoms with van der Waals surface area (Å²) in [6, 6.07) is 13.3. The Morgan fingerprint density at radius 2 is 1.31 bits per heavy atom. The lowest BCUT2D eigenvalue weighted by Crippen LogP contribution is -2.55. The van der Waals surface area contributed by atoms with E-state index in [9.17, 15) is 19.2 Å². The molecule has 3 atom stereocenters. The molecule has 0 saturated heterocycles. The summed E-state index contributed by atoms with van der Waals surface area (Å²) in [6.07, 6.45) is 0.898. The van der Waals surface area contributed by atoms with Gasteiger partial charge < -0.3 is 25.4 Å². The van der Waals surface area contributed by atoms with E-state index in [4.69, 9.17) is 9.47 Å². The second-order valence-electron chi connectivity index (χ2n) is 10.2. The van der Waals surface area contributed by atoms with E-state index in [1.54, 1.807) is 13.8 Å². The molecular formula is C30H39N3O6. The molecule has 0 spiro atoms. The molecular weight excluding hydrogens is 498 g/mol. The van der Waals surface area contributed by atoms with Crippen molar-refractivity contribution in [2.75, 3.05) is 13.2 Å². The molecule has 1 aliphatic rings. The van der Waals surface area contributed by atoms with Crippen LogP contribution in [0.1, 0.15) is 64.5 Å². The summed E-state index contributed by atoms with van der Waals surface area (Å²) in [6.45, 7) is 9.02. The van der Waals surface area contributed by atoms with Gasteiger partial charge in [0.15, 0.2) is 0 Å². The lowest BCUT2D eigenvalue weighted by atomic mass is 9.98. The highest BCUT2D eigenvalue weighted by atomic mass is 16.5. The van der Waals surface area contributed by atoms with Crippen molar-refractivity contribution in [3.8, 4) is 11.1 Å². The summed E-state index contributed by atoms with van der Waals surface area (Å²) in [7, 11) is 0. The summed E-state index contributed by atoms with van der Waals surface area (Å²) in [5.74, 6) is -1.88. The van der Waals surface area contributed by atoms with Gasteiger partial charge in [-0.3, -0.25) is 9.59 Å². The number of carbonyl (C=O) groups is 4. The molecule has 0 heterocycles. The van der Waals surface area contributed by atoms with Crippen molar-refractivity contribution in [1.29, 1.82) is 0 Å². The van der Waals surface area contributed by atoms with Gasteiger partial charge in [0, 0.05) is 5.92 Å². The van der Waals surface area contributed by atoms with E-state index in [2.05, 4.69) is 28.1 Å². The molecule has 0 bridgehead atoms. The van der Waals surface area contributed by atoms with Crippen LogP contribution >= 0.6 is 0 Å². The Bertz CT molecular complexity index is 1140. The van der Waals surface area contributed by atoms with Crippen LogP contribution in [0.2, 0.25) is 0 Å². The summed E-state index contributed by atoms with van der Waals surface area (Å²) in [5.41, 5.74) is 4.42. The molecule has 210 valence electrons. The number of amides is 3. The second kappa shape index (κ2) is 13.8. The third-order valence-corrected chi connectivity index (χ3v) is 6.78. The van der Waals surface area contributed by atoms with Crippen molar-refractivity contribution in [3.05, 3.63) is 59.7 Å². The predicted octanol–water partition coefficient (Wildman–Crippen LogP) is 3.90. The molecule has 0 aromatic heterocycles. The molecule has 0 saturated carbocycles. The highest BCUT2D eigenvalue weighted by molar-refractivity contribution is 5.92. The van der Waals surface area contributed by atoms with Gasteiger partial charge in [-0.25, -0.2) is 9.59 Å². The molecule has 2 aromatic rings. The number of esters is 1. The zero-order chi connectivity index (χ0) is 28.5. The first kappa shape index (κ1) is 29.7. The van der Waals surface area contributed by atoms with Crippen molar-refractivity contribution in [2.24, 2.45) is 5.92 Å². The Labute approximate surface area is 230 Å². The van der Waals surface area contributed by atoms with Crippen LogP contribution in [0.15, 0.2) is 48.5 Å². The van der Waals surface area contributed by atoms with E-state index in [1.165, 1.54) is 13.8 Å². The Hall–Kier alpha value is -3.88. The van der Waals surface area contributed by atoms with Crippen molar-refractivity contribution < 1.29 is 28.7 Å². The molecule has 9 nitrogen and oxygen atoms in total. The summed E-state index contributed by atoms with van der Waals surface area (Å²) in [5, 5.41) is 7.75. The largest absolute Gasteiger partial charge is 0.464 e. The van der Waals surface area contributed by atoms with Gasteiger partial charge >= 0.3 is 12.1 Å². The summed E-state index contributed by atoms with van der Waals surface area (Å²) >= 11 is 0. The number of unbranched alkanes of at least 4 members (excludes halogenated alkanes) is 1. The average Bonchev–Trinajstić information content (AvgIpc) is 3.23. The maximum absolute atomic E-state index is 12.7. The van der Waals surface area contributed by atoms with E-state index in [-0.39, 0.29) is 18.4 Å². The highest BCUT2D eigenvalue weighted by Crippen LogP contribution is 2.44. The van der Waals surface area contributed by atoms with E-state index in [0.717, 1.165) is 35.1 Å². The summed E-state index contributed by atoms with van der Waals surface area (Å²) < 4.78 is 10.7. The minimum Gasteiger partial charge on any atom is -0.464 e. The maximum atomic E-state index is 12.7. The topological polar surface area (TPSA) is 123 Å². The fourth-order valence-electron chi connectivity index (χ4n) is 4.47. The fraction of sp³-hybridized carbons (Fsp3) is 0.467. The lowest BCUT2D eigenvalue weighted by molar-refractivity contribution is -0.149. The highest BCUT2D eigenvalue weighted by Gasteiger charge is 2.31. The first-order valence-corrected chi connectivity index (χ1v) is 13.5. The minimum atomic E-state index is -0.948. The quantitative estimate of drug-likeness (QED) is 0.279. The van der Waals surface area contributed by atoms with Crippen LogP contribution in [-0.4, -0.2) is 55.2 Å². The second-order valence-corrected chi connectivity index (χ2v) is 10.2. The van der Waals surface area contributed by atoms with Crippen molar-refractivity contribution in [3.63, 3.8) is 0 Å². The molecule has 3 amide bonds. The van der Waals surface area contributed by atoms with Crippen molar-refractivity contribution in [1.82, 2.24) is 16.0 Å². The molecule has 0 fully saturated rings. The molecule has 9 heteroatoms. The van der Waals surface area contributed by atoms with E-state index >= 15 is 0 Å². The minimum absolute atomic E-state index is 0.0985. The van der Waals surface area contributed by atoms with Crippen LogP contribution in [0.4, 0.5) is 4.79 Å². The van der Waals surface area contributed by atoms with Gasteiger partial charge in [0.2, 0.25) is 11.8 Å². The van der Waals surface area contributed by atoms with E-state index in [0.29, 0.717) is 6.61 Å². The van der Waals surface area contributed by atoms with E-state index < -0.39 is 42.0 Å². The maximum Gasteiger partial charge on any atom is 0.407 e. The van der Waals surface area contributed by atoms with Gasteiger partial charge in [0.05, 0.1) is 6.61 Å². The van der Waals surface area contributed by atoms with Gasteiger partial charge in [-0.2, -0.15) is 0 Å². The van der Waals surface area contributed by atoms with Crippen LogP contribution < -0.4 is 16.0 Å². The molecule has 2 aromatic carbocycles. The predicted molar refractivity (Wildman–Crippen MR) is 148 cm³/mol. The van der Waals surface area contributed by atoms with Gasteiger partial charge in [-0.1, -0.05) is 75.7 Å². The number of carbonyl (C=O) groups excluding carboxylic acids is 4. The number of hydrogen-bond donors (Lipinski definition) is 3. The number of rotatable bonds is 12. The molecule has 0 unspecified atom stereocenters. The Kier molecular flexibility index (Phi) is 10.5. The molecule has 3 rings (SSSR count). The Morgan fingerprint density at radius 3 is 1.87 bits per heavy atom. The number of fused-ring (bicyclic) bond motifs is 3. The molecule has 39 heavy (non-hydrogen) atoms.